The number of nitro benzene ring substituents is 1. The van der Waals surface area contributed by atoms with E-state index < -0.39 is 93.2 Å². The lowest BCUT2D eigenvalue weighted by Crippen LogP contribution is -2.68. The summed E-state index contributed by atoms with van der Waals surface area (Å²) in [5, 5.41) is 67.8. The van der Waals surface area contributed by atoms with Crippen molar-refractivity contribution >= 4 is 50.8 Å². The van der Waals surface area contributed by atoms with Gasteiger partial charge < -0.3 is 40.3 Å². The number of hydrogen-bond donors (Lipinski definition) is 7. The van der Waals surface area contributed by atoms with Crippen LogP contribution >= 0.6 is 23.2 Å². The Labute approximate surface area is 324 Å². The highest BCUT2D eigenvalue weighted by Crippen LogP contribution is 2.37. The van der Waals surface area contributed by atoms with Crippen molar-refractivity contribution in [1.82, 2.24) is 10.0 Å². The van der Waals surface area contributed by atoms with Gasteiger partial charge in [-0.25, -0.2) is 17.9 Å². The van der Waals surface area contributed by atoms with Crippen LogP contribution in [-0.2, 0) is 42.1 Å². The molecule has 1 heterocycles. The Morgan fingerprint density at radius 2 is 1.62 bits per heavy atom. The minimum absolute atomic E-state index is 0.0205. The zero-order valence-electron chi connectivity index (χ0n) is 28.5. The number of para-hydroxylation sites is 1. The van der Waals surface area contributed by atoms with E-state index in [1.54, 1.807) is 36.4 Å². The topological polar surface area (TPSA) is 255 Å². The number of phenolic OH excluding ortho intramolecular Hbond substituents is 1. The molecule has 6 atom stereocenters. The zero-order chi connectivity index (χ0) is 40.1. The van der Waals surface area contributed by atoms with Crippen molar-refractivity contribution in [2.24, 2.45) is 0 Å². The van der Waals surface area contributed by atoms with Gasteiger partial charge in [-0.1, -0.05) is 83.9 Å². The molecule has 0 aromatic heterocycles. The third-order valence-corrected chi connectivity index (χ3v) is 11.2. The van der Waals surface area contributed by atoms with Crippen molar-refractivity contribution in [2.75, 3.05) is 6.54 Å². The quantitative estimate of drug-likeness (QED) is 0.0673. The van der Waals surface area contributed by atoms with Crippen molar-refractivity contribution in [2.45, 2.75) is 60.6 Å². The van der Waals surface area contributed by atoms with E-state index in [9.17, 15) is 53.7 Å². The van der Waals surface area contributed by atoms with Crippen LogP contribution in [0.3, 0.4) is 0 Å². The number of sulfonamides is 1. The van der Waals surface area contributed by atoms with Gasteiger partial charge in [-0.2, -0.15) is 0 Å². The third kappa shape index (κ3) is 9.77. The molecule has 0 radical (unpaired) electrons. The maximum absolute atomic E-state index is 13.5. The number of benzene rings is 4. The van der Waals surface area contributed by atoms with E-state index in [0.717, 1.165) is 23.3 Å². The predicted octanol–water partition coefficient (Wildman–Crippen LogP) is 3.15. The molecule has 1 amide bonds. The summed E-state index contributed by atoms with van der Waals surface area (Å²) >= 11 is 12.3. The minimum Gasteiger partial charge on any atom is -0.508 e. The van der Waals surface area contributed by atoms with E-state index in [0.29, 0.717) is 5.56 Å². The number of nitro groups is 1. The van der Waals surface area contributed by atoms with Crippen LogP contribution in [0.15, 0.2) is 95.9 Å². The van der Waals surface area contributed by atoms with Gasteiger partial charge >= 0.3 is 5.97 Å². The van der Waals surface area contributed by atoms with Gasteiger partial charge in [0.1, 0.15) is 18.0 Å². The highest BCUT2D eigenvalue weighted by molar-refractivity contribution is 7.89. The number of amides is 1. The van der Waals surface area contributed by atoms with Crippen molar-refractivity contribution in [3.8, 4) is 16.9 Å². The molecule has 0 spiro atoms. The number of aliphatic hydroxyl groups excluding tert-OH is 3. The standard InChI is InChI=1S/C36H35Cl2N3O13S/c37-25-5-3-4-23(31(25)38)19-53-36(35(47)48)17-27(43)32(40-55(51,52)29-7-2-1-6-26(29)41(49)50)34(54-36)33(46)28(44)18-39-30(45)16-20-8-10-21(11-9-20)22-12-14-24(42)15-13-22/h1-15,27-28,32-34,40,42-44,46H,16-19H2,(H,39,45)(H,47,48)/t27-,28-,32-,33?,34?,36-/m1/s1. The summed E-state index contributed by atoms with van der Waals surface area (Å²) in [6.45, 7) is -1.20. The van der Waals surface area contributed by atoms with Crippen LogP contribution < -0.4 is 10.0 Å². The number of nitrogens with zero attached hydrogens (tertiary/aromatic N) is 1. The molecule has 0 saturated carbocycles. The second kappa shape index (κ2) is 17.4. The van der Waals surface area contributed by atoms with Crippen LogP contribution in [0.2, 0.25) is 10.0 Å². The number of ether oxygens (including phenoxy) is 2. The van der Waals surface area contributed by atoms with Crippen molar-refractivity contribution in [3.63, 3.8) is 0 Å². The Balaban J connectivity index is 1.36. The molecule has 19 heteroatoms. The van der Waals surface area contributed by atoms with Crippen LogP contribution in [-0.4, -0.2) is 93.5 Å². The van der Waals surface area contributed by atoms with Gasteiger partial charge in [0.2, 0.25) is 15.9 Å². The minimum atomic E-state index is -4.89. The Bertz CT molecular complexity index is 2140. The number of aliphatic hydroxyl groups is 3. The number of aliphatic carboxylic acids is 1. The first-order chi connectivity index (χ1) is 26.0. The Hall–Kier alpha value is -4.69. The van der Waals surface area contributed by atoms with Crippen LogP contribution in [0.5, 0.6) is 5.75 Å². The smallest absolute Gasteiger partial charge is 0.364 e. The number of hydrogen-bond acceptors (Lipinski definition) is 12. The van der Waals surface area contributed by atoms with Crippen LogP contribution in [0.4, 0.5) is 5.69 Å². The number of halogens is 2. The Kier molecular flexibility index (Phi) is 13.1. The molecule has 0 aliphatic carbocycles. The number of phenols is 1. The molecule has 55 heavy (non-hydrogen) atoms. The molecule has 1 aliphatic heterocycles. The third-order valence-electron chi connectivity index (χ3n) is 8.79. The summed E-state index contributed by atoms with van der Waals surface area (Å²) in [5.74, 6) is -5.06. The van der Waals surface area contributed by atoms with E-state index in [4.69, 9.17) is 32.7 Å². The fourth-order valence-corrected chi connectivity index (χ4v) is 7.72. The monoisotopic (exact) mass is 819 g/mol. The molecule has 1 aliphatic rings. The fraction of sp³-hybridized carbons (Fsp3) is 0.278. The largest absolute Gasteiger partial charge is 0.508 e. The molecular formula is C36H35Cl2N3O13S. The average Bonchev–Trinajstić information content (AvgIpc) is 3.15. The van der Waals surface area contributed by atoms with E-state index >= 15 is 0 Å². The van der Waals surface area contributed by atoms with Crippen LogP contribution in [0, 0.1) is 10.1 Å². The molecule has 0 bridgehead atoms. The van der Waals surface area contributed by atoms with Gasteiger partial charge in [-0.05, 0) is 46.5 Å². The number of aromatic hydroxyl groups is 1. The van der Waals surface area contributed by atoms with E-state index in [1.807, 2.05) is 0 Å². The van der Waals surface area contributed by atoms with Gasteiger partial charge in [0.25, 0.3) is 11.5 Å². The molecular weight excluding hydrogens is 785 g/mol. The number of carbonyl (C=O) groups excluding carboxylic acids is 1. The summed E-state index contributed by atoms with van der Waals surface area (Å²) in [6.07, 6.45) is -9.38. The molecule has 292 valence electrons. The molecule has 5 rings (SSSR count). The fourth-order valence-electron chi connectivity index (χ4n) is 5.89. The normalized spacial score (nSPS) is 21.0. The maximum Gasteiger partial charge on any atom is 0.364 e. The summed E-state index contributed by atoms with van der Waals surface area (Å²) < 4.78 is 40.5. The summed E-state index contributed by atoms with van der Waals surface area (Å²) in [5.41, 5.74) is 1.62. The number of carbonyl (C=O) groups is 2. The zero-order valence-corrected chi connectivity index (χ0v) is 30.8. The summed E-state index contributed by atoms with van der Waals surface area (Å²) in [6, 6.07) is 20.2. The first-order valence-electron chi connectivity index (χ1n) is 16.4. The summed E-state index contributed by atoms with van der Waals surface area (Å²) in [4.78, 5) is 35.4. The Morgan fingerprint density at radius 3 is 2.25 bits per heavy atom. The van der Waals surface area contributed by atoms with Gasteiger partial charge in [0, 0.05) is 19.0 Å². The lowest BCUT2D eigenvalue weighted by Gasteiger charge is -2.46. The van der Waals surface area contributed by atoms with Gasteiger partial charge in [-0.3, -0.25) is 14.9 Å². The molecule has 16 nitrogen and oxygen atoms in total. The SMILES string of the molecule is O=C(Cc1ccc(-c2ccc(O)cc2)cc1)NC[C@@H](O)C(O)C1O[C@@](OCc2cccc(Cl)c2Cl)(C(=O)O)C[C@@H](O)[C@H]1NS(=O)(=O)c1ccccc1[N+](=O)[O-]. The van der Waals surface area contributed by atoms with E-state index in [-0.39, 0.29) is 27.8 Å². The van der Waals surface area contributed by atoms with Crippen molar-refractivity contribution in [1.29, 1.82) is 0 Å². The molecule has 1 fully saturated rings. The van der Waals surface area contributed by atoms with Crippen LogP contribution in [0.25, 0.3) is 11.1 Å². The first-order valence-corrected chi connectivity index (χ1v) is 18.7. The highest BCUT2D eigenvalue weighted by Gasteiger charge is 2.56. The highest BCUT2D eigenvalue weighted by atomic mass is 35.5. The Morgan fingerprint density at radius 1 is 0.982 bits per heavy atom. The molecule has 2 unspecified atom stereocenters. The molecule has 1 saturated heterocycles. The number of carboxylic acids is 1. The van der Waals surface area contributed by atoms with Crippen molar-refractivity contribution < 1.29 is 57.9 Å². The summed E-state index contributed by atoms with van der Waals surface area (Å²) in [7, 11) is -4.89. The second-order valence-electron chi connectivity index (χ2n) is 12.6. The van der Waals surface area contributed by atoms with E-state index in [2.05, 4.69) is 10.0 Å². The van der Waals surface area contributed by atoms with Crippen molar-refractivity contribution in [3.05, 3.63) is 122 Å². The lowest BCUT2D eigenvalue weighted by molar-refractivity contribution is -0.387. The molecule has 4 aromatic carbocycles. The maximum atomic E-state index is 13.5. The van der Waals surface area contributed by atoms with Gasteiger partial charge in [0.05, 0.1) is 46.2 Å². The van der Waals surface area contributed by atoms with Crippen LogP contribution in [0.1, 0.15) is 17.5 Å². The molecule has 7 N–H and O–H groups in total. The average molecular weight is 821 g/mol. The number of carboxylic acid groups (broad SMARTS) is 1. The lowest BCUT2D eigenvalue weighted by atomic mass is 9.89. The number of nitrogens with one attached hydrogen (secondary N) is 2. The predicted molar refractivity (Wildman–Crippen MR) is 197 cm³/mol. The van der Waals surface area contributed by atoms with Gasteiger partial charge in [-0.15, -0.1) is 0 Å². The van der Waals surface area contributed by atoms with E-state index in [1.165, 1.54) is 42.5 Å². The second-order valence-corrected chi connectivity index (χ2v) is 15.0. The molecule has 4 aromatic rings. The van der Waals surface area contributed by atoms with Gasteiger partial charge in [0.15, 0.2) is 4.90 Å². The first kappa shape index (κ1) is 41.5. The number of rotatable bonds is 15.